The summed E-state index contributed by atoms with van der Waals surface area (Å²) in [7, 11) is 0. The molecule has 41 heavy (non-hydrogen) atoms. The number of rotatable bonds is 33. The first-order valence-electron chi connectivity index (χ1n) is 18.3. The zero-order valence-electron chi connectivity index (χ0n) is 27.7. The van der Waals surface area contributed by atoms with E-state index in [2.05, 4.69) is 19.2 Å². The Balaban J connectivity index is 3.66. The fraction of sp³-hybridized carbons (Fsp3) is 0.972. The van der Waals surface area contributed by atoms with Crippen molar-refractivity contribution in [3.63, 3.8) is 0 Å². The van der Waals surface area contributed by atoms with Crippen LogP contribution in [0.4, 0.5) is 0 Å². The average molecular weight is 584 g/mol. The molecule has 0 aliphatic carbocycles. The van der Waals surface area contributed by atoms with Gasteiger partial charge in [0, 0.05) is 0 Å². The van der Waals surface area contributed by atoms with Gasteiger partial charge in [0.15, 0.2) is 0 Å². The molecule has 1 amide bonds. The Morgan fingerprint density at radius 3 is 1.17 bits per heavy atom. The van der Waals surface area contributed by atoms with Gasteiger partial charge in [-0.1, -0.05) is 181 Å². The molecule has 4 N–H and O–H groups in total. The Labute approximate surface area is 256 Å². The number of carbonyl (C=O) groups excluding carboxylic acids is 1. The molecule has 0 saturated carbocycles. The summed E-state index contributed by atoms with van der Waals surface area (Å²) in [5, 5.41) is 33.2. The number of amides is 1. The maximum absolute atomic E-state index is 12.4. The normalized spacial score (nSPS) is 13.8. The molecular weight excluding hydrogens is 510 g/mol. The van der Waals surface area contributed by atoms with Crippen molar-refractivity contribution in [2.75, 3.05) is 6.61 Å². The van der Waals surface area contributed by atoms with Crippen LogP contribution in [0, 0.1) is 0 Å². The topological polar surface area (TPSA) is 89.8 Å². The molecule has 0 bridgehead atoms. The standard InChI is InChI=1S/C36H73NO4/c1-3-5-7-9-11-13-15-17-19-21-23-25-27-29-33(39)31-36(41)37-34(32-38)35(40)30-28-26-24-22-20-18-16-14-12-10-8-6-4-2/h33-35,38-40H,3-32H2,1-2H3,(H,37,41)/t33-,34+,35-/m1/s1. The molecular formula is C36H73NO4. The molecule has 0 spiro atoms. The second-order valence-corrected chi connectivity index (χ2v) is 12.8. The van der Waals surface area contributed by atoms with Crippen LogP contribution in [-0.2, 0) is 4.79 Å². The number of carbonyl (C=O) groups is 1. The third kappa shape index (κ3) is 29.2. The highest BCUT2D eigenvalue weighted by Gasteiger charge is 2.21. The van der Waals surface area contributed by atoms with Crippen LogP contribution in [0.1, 0.15) is 200 Å². The zero-order valence-corrected chi connectivity index (χ0v) is 27.7. The van der Waals surface area contributed by atoms with Gasteiger partial charge in [0.25, 0.3) is 0 Å². The van der Waals surface area contributed by atoms with Crippen molar-refractivity contribution in [2.45, 2.75) is 218 Å². The summed E-state index contributed by atoms with van der Waals surface area (Å²) in [4.78, 5) is 12.4. The first-order valence-corrected chi connectivity index (χ1v) is 18.3. The second-order valence-electron chi connectivity index (χ2n) is 12.8. The van der Waals surface area contributed by atoms with E-state index in [4.69, 9.17) is 0 Å². The molecule has 0 aliphatic rings. The van der Waals surface area contributed by atoms with Crippen LogP contribution < -0.4 is 5.32 Å². The number of nitrogens with one attached hydrogen (secondary N) is 1. The van der Waals surface area contributed by atoms with Crippen molar-refractivity contribution in [2.24, 2.45) is 0 Å². The Morgan fingerprint density at radius 1 is 0.512 bits per heavy atom. The molecule has 0 aromatic carbocycles. The van der Waals surface area contributed by atoms with E-state index in [0.717, 1.165) is 25.7 Å². The second kappa shape index (κ2) is 32.3. The molecule has 5 heteroatoms. The summed E-state index contributed by atoms with van der Waals surface area (Å²) < 4.78 is 0. The summed E-state index contributed by atoms with van der Waals surface area (Å²) in [6.45, 7) is 4.25. The molecule has 0 aromatic heterocycles. The van der Waals surface area contributed by atoms with Crippen LogP contribution in [0.25, 0.3) is 0 Å². The summed E-state index contributed by atoms with van der Waals surface area (Å²) >= 11 is 0. The van der Waals surface area contributed by atoms with Crippen molar-refractivity contribution in [1.29, 1.82) is 0 Å². The molecule has 0 rings (SSSR count). The summed E-state index contributed by atoms with van der Waals surface area (Å²) in [5.41, 5.74) is 0. The number of hydrogen-bond donors (Lipinski definition) is 4. The minimum absolute atomic E-state index is 0.0419. The third-order valence-electron chi connectivity index (χ3n) is 8.67. The summed E-state index contributed by atoms with van der Waals surface area (Å²) in [6.07, 6.45) is 33.3. The molecule has 0 heterocycles. The third-order valence-corrected chi connectivity index (χ3v) is 8.67. The van der Waals surface area contributed by atoms with Crippen LogP contribution in [0.3, 0.4) is 0 Å². The SMILES string of the molecule is CCCCCCCCCCCCCCC[C@@H](O)CC(=O)N[C@@H](CO)[C@H](O)CCCCCCCCCCCCCCC. The van der Waals surface area contributed by atoms with Gasteiger partial charge in [-0.3, -0.25) is 4.79 Å². The van der Waals surface area contributed by atoms with Crippen molar-refractivity contribution >= 4 is 5.91 Å². The highest BCUT2D eigenvalue weighted by molar-refractivity contribution is 5.76. The van der Waals surface area contributed by atoms with E-state index < -0.39 is 18.2 Å². The molecule has 0 unspecified atom stereocenters. The fourth-order valence-corrected chi connectivity index (χ4v) is 5.82. The van der Waals surface area contributed by atoms with Crippen molar-refractivity contribution < 1.29 is 20.1 Å². The van der Waals surface area contributed by atoms with Gasteiger partial charge in [0.1, 0.15) is 0 Å². The van der Waals surface area contributed by atoms with E-state index in [1.165, 1.54) is 141 Å². The molecule has 0 saturated heterocycles. The summed E-state index contributed by atoms with van der Waals surface area (Å²) in [5.74, 6) is -0.282. The molecule has 0 fully saturated rings. The largest absolute Gasteiger partial charge is 0.394 e. The molecule has 0 aromatic rings. The van der Waals surface area contributed by atoms with E-state index in [1.807, 2.05) is 0 Å². The zero-order chi connectivity index (χ0) is 30.2. The monoisotopic (exact) mass is 584 g/mol. The van der Waals surface area contributed by atoms with E-state index in [1.54, 1.807) is 0 Å². The quantitative estimate of drug-likeness (QED) is 0.0579. The van der Waals surface area contributed by atoms with Gasteiger partial charge in [-0.15, -0.1) is 0 Å². The lowest BCUT2D eigenvalue weighted by Crippen LogP contribution is -2.46. The summed E-state index contributed by atoms with van der Waals surface area (Å²) in [6, 6.07) is -0.650. The van der Waals surface area contributed by atoms with Crippen LogP contribution >= 0.6 is 0 Å². The van der Waals surface area contributed by atoms with Crippen LogP contribution in [-0.4, -0.2) is 46.1 Å². The number of aliphatic hydroxyl groups excluding tert-OH is 3. The number of unbranched alkanes of at least 4 members (excludes halogenated alkanes) is 24. The predicted octanol–water partition coefficient (Wildman–Crippen LogP) is 9.54. The lowest BCUT2D eigenvalue weighted by atomic mass is 10.0. The van der Waals surface area contributed by atoms with Gasteiger partial charge < -0.3 is 20.6 Å². The molecule has 5 nitrogen and oxygen atoms in total. The van der Waals surface area contributed by atoms with Crippen molar-refractivity contribution in [3.8, 4) is 0 Å². The first-order chi connectivity index (χ1) is 20.0. The van der Waals surface area contributed by atoms with E-state index in [-0.39, 0.29) is 18.9 Å². The van der Waals surface area contributed by atoms with Gasteiger partial charge in [-0.2, -0.15) is 0 Å². The van der Waals surface area contributed by atoms with E-state index in [9.17, 15) is 20.1 Å². The highest BCUT2D eigenvalue weighted by atomic mass is 16.3. The number of hydrogen-bond acceptors (Lipinski definition) is 4. The predicted molar refractivity (Wildman–Crippen MR) is 176 cm³/mol. The minimum Gasteiger partial charge on any atom is -0.394 e. The van der Waals surface area contributed by atoms with Gasteiger partial charge >= 0.3 is 0 Å². The van der Waals surface area contributed by atoms with E-state index >= 15 is 0 Å². The Bertz CT molecular complexity index is 530. The van der Waals surface area contributed by atoms with Crippen molar-refractivity contribution in [3.05, 3.63) is 0 Å². The van der Waals surface area contributed by atoms with Gasteiger partial charge in [-0.25, -0.2) is 0 Å². The van der Waals surface area contributed by atoms with Crippen LogP contribution in [0.15, 0.2) is 0 Å². The highest BCUT2D eigenvalue weighted by Crippen LogP contribution is 2.16. The molecule has 0 aliphatic heterocycles. The average Bonchev–Trinajstić information content (AvgIpc) is 2.96. The van der Waals surface area contributed by atoms with Gasteiger partial charge in [-0.05, 0) is 12.8 Å². The lowest BCUT2D eigenvalue weighted by molar-refractivity contribution is -0.125. The Kier molecular flexibility index (Phi) is 31.8. The maximum atomic E-state index is 12.4. The smallest absolute Gasteiger partial charge is 0.222 e. The minimum atomic E-state index is -0.741. The fourth-order valence-electron chi connectivity index (χ4n) is 5.82. The molecule has 246 valence electrons. The number of aliphatic hydroxyl groups is 3. The molecule has 3 atom stereocenters. The Hall–Kier alpha value is -0.650. The Morgan fingerprint density at radius 2 is 0.829 bits per heavy atom. The first kappa shape index (κ1) is 40.4. The van der Waals surface area contributed by atoms with Crippen LogP contribution in [0.5, 0.6) is 0 Å². The maximum Gasteiger partial charge on any atom is 0.222 e. The van der Waals surface area contributed by atoms with Crippen LogP contribution in [0.2, 0.25) is 0 Å². The lowest BCUT2D eigenvalue weighted by Gasteiger charge is -2.23. The van der Waals surface area contributed by atoms with Gasteiger partial charge in [0.05, 0.1) is 31.3 Å². The van der Waals surface area contributed by atoms with Crippen molar-refractivity contribution in [1.82, 2.24) is 5.32 Å². The van der Waals surface area contributed by atoms with E-state index in [0.29, 0.717) is 12.8 Å². The molecule has 0 radical (unpaired) electrons. The van der Waals surface area contributed by atoms with Gasteiger partial charge in [0.2, 0.25) is 5.91 Å².